The Labute approximate surface area is 103 Å². The van der Waals surface area contributed by atoms with E-state index in [-0.39, 0.29) is 5.56 Å². The van der Waals surface area contributed by atoms with Gasteiger partial charge in [0.15, 0.2) is 5.82 Å². The molecule has 0 unspecified atom stereocenters. The third-order valence-corrected chi connectivity index (χ3v) is 2.55. The van der Waals surface area contributed by atoms with Crippen LogP contribution in [0.15, 0.2) is 17.2 Å². The van der Waals surface area contributed by atoms with Crippen LogP contribution in [-0.4, -0.2) is 16.1 Å². The van der Waals surface area contributed by atoms with E-state index in [2.05, 4.69) is 31.1 Å². The molecule has 0 aromatic carbocycles. The minimum absolute atomic E-state index is 0.0160. The van der Waals surface area contributed by atoms with E-state index < -0.39 is 0 Å². The number of unbranched alkanes of at least 4 members (excludes halogenated alkanes) is 2. The van der Waals surface area contributed by atoms with Crippen LogP contribution >= 0.6 is 0 Å². The second kappa shape index (κ2) is 7.09. The van der Waals surface area contributed by atoms with Crippen molar-refractivity contribution in [2.75, 3.05) is 11.9 Å². The van der Waals surface area contributed by atoms with E-state index in [1.807, 2.05) is 0 Å². The Hall–Kier alpha value is -1.32. The Bertz CT molecular complexity index is 384. The first-order valence-corrected chi connectivity index (χ1v) is 6.44. The van der Waals surface area contributed by atoms with Gasteiger partial charge in [-0.05, 0) is 12.3 Å². The van der Waals surface area contributed by atoms with Crippen molar-refractivity contribution in [2.45, 2.75) is 46.6 Å². The summed E-state index contributed by atoms with van der Waals surface area (Å²) in [5.74, 6) is 0.937. The average molecular weight is 237 g/mol. The number of hydrogen-bond acceptors (Lipinski definition) is 3. The van der Waals surface area contributed by atoms with Crippen LogP contribution in [0.4, 0.5) is 5.82 Å². The van der Waals surface area contributed by atoms with Gasteiger partial charge in [0.1, 0.15) is 0 Å². The molecule has 0 atom stereocenters. The Morgan fingerprint density at radius 3 is 2.82 bits per heavy atom. The van der Waals surface area contributed by atoms with E-state index in [4.69, 9.17) is 0 Å². The van der Waals surface area contributed by atoms with Crippen molar-refractivity contribution in [3.63, 3.8) is 0 Å². The molecule has 1 rings (SSSR count). The van der Waals surface area contributed by atoms with Gasteiger partial charge in [0.25, 0.3) is 5.56 Å². The van der Waals surface area contributed by atoms with E-state index >= 15 is 0 Å². The molecule has 0 aliphatic heterocycles. The molecule has 1 heterocycles. The van der Waals surface area contributed by atoms with Crippen molar-refractivity contribution in [1.82, 2.24) is 9.55 Å². The Balaban J connectivity index is 2.63. The van der Waals surface area contributed by atoms with Crippen molar-refractivity contribution < 1.29 is 0 Å². The predicted molar refractivity (Wildman–Crippen MR) is 71.3 cm³/mol. The van der Waals surface area contributed by atoms with Crippen LogP contribution in [0.1, 0.15) is 40.0 Å². The molecule has 17 heavy (non-hydrogen) atoms. The molecular formula is C13H23N3O. The maximum Gasteiger partial charge on any atom is 0.293 e. The number of anilines is 1. The zero-order valence-corrected chi connectivity index (χ0v) is 11.1. The highest BCUT2D eigenvalue weighted by atomic mass is 16.1. The number of aromatic nitrogens is 2. The van der Waals surface area contributed by atoms with Gasteiger partial charge in [-0.15, -0.1) is 0 Å². The van der Waals surface area contributed by atoms with Crippen LogP contribution in [0, 0.1) is 5.92 Å². The van der Waals surface area contributed by atoms with Crippen LogP contribution < -0.4 is 10.9 Å². The smallest absolute Gasteiger partial charge is 0.293 e. The first-order valence-electron chi connectivity index (χ1n) is 6.44. The maximum absolute atomic E-state index is 12.0. The fourth-order valence-electron chi connectivity index (χ4n) is 1.69. The fourth-order valence-corrected chi connectivity index (χ4v) is 1.69. The largest absolute Gasteiger partial charge is 0.365 e. The highest BCUT2D eigenvalue weighted by molar-refractivity contribution is 5.30. The highest BCUT2D eigenvalue weighted by Gasteiger charge is 2.05. The van der Waals surface area contributed by atoms with Gasteiger partial charge in [-0.3, -0.25) is 4.79 Å². The lowest BCUT2D eigenvalue weighted by atomic mass is 10.2. The lowest BCUT2D eigenvalue weighted by Crippen LogP contribution is -2.26. The molecule has 0 radical (unpaired) electrons. The first kappa shape index (κ1) is 13.7. The number of rotatable bonds is 7. The SMILES string of the molecule is CCCCCNc1nccn(CC(C)C)c1=O. The summed E-state index contributed by atoms with van der Waals surface area (Å²) >= 11 is 0. The van der Waals surface area contributed by atoms with E-state index in [1.54, 1.807) is 17.0 Å². The highest BCUT2D eigenvalue weighted by Crippen LogP contribution is 2.00. The van der Waals surface area contributed by atoms with Crippen LogP contribution in [-0.2, 0) is 6.54 Å². The molecule has 4 nitrogen and oxygen atoms in total. The topological polar surface area (TPSA) is 46.9 Å². The van der Waals surface area contributed by atoms with Gasteiger partial charge in [0.05, 0.1) is 0 Å². The standard InChI is InChI=1S/C13H23N3O/c1-4-5-6-7-14-12-13(17)16(9-8-15-12)10-11(2)3/h8-9,11H,4-7,10H2,1-3H3,(H,14,15). The molecule has 4 heteroatoms. The van der Waals surface area contributed by atoms with E-state index in [0.717, 1.165) is 19.5 Å². The van der Waals surface area contributed by atoms with Crippen molar-refractivity contribution in [3.05, 3.63) is 22.7 Å². The van der Waals surface area contributed by atoms with Gasteiger partial charge in [-0.2, -0.15) is 0 Å². The quantitative estimate of drug-likeness (QED) is 0.741. The Kier molecular flexibility index (Phi) is 5.73. The maximum atomic E-state index is 12.0. The molecule has 0 bridgehead atoms. The summed E-state index contributed by atoms with van der Waals surface area (Å²) in [7, 11) is 0. The minimum atomic E-state index is -0.0160. The molecule has 0 spiro atoms. The molecule has 96 valence electrons. The molecule has 1 aromatic rings. The van der Waals surface area contributed by atoms with Crippen molar-refractivity contribution in [2.24, 2.45) is 5.92 Å². The van der Waals surface area contributed by atoms with Crippen molar-refractivity contribution >= 4 is 5.82 Å². The lowest BCUT2D eigenvalue weighted by molar-refractivity contribution is 0.509. The zero-order valence-electron chi connectivity index (χ0n) is 11.1. The summed E-state index contributed by atoms with van der Waals surface area (Å²) in [6.45, 7) is 7.92. The van der Waals surface area contributed by atoms with E-state index in [0.29, 0.717) is 11.7 Å². The van der Waals surface area contributed by atoms with E-state index in [1.165, 1.54) is 12.8 Å². The van der Waals surface area contributed by atoms with Gasteiger partial charge in [-0.1, -0.05) is 33.6 Å². The second-order valence-electron chi connectivity index (χ2n) is 4.76. The third-order valence-electron chi connectivity index (χ3n) is 2.55. The molecule has 1 aromatic heterocycles. The van der Waals surface area contributed by atoms with Crippen LogP contribution in [0.2, 0.25) is 0 Å². The normalized spacial score (nSPS) is 10.8. The lowest BCUT2D eigenvalue weighted by Gasteiger charge is -2.10. The summed E-state index contributed by atoms with van der Waals surface area (Å²) in [6.07, 6.45) is 6.88. The average Bonchev–Trinajstić information content (AvgIpc) is 2.28. The molecule has 1 N–H and O–H groups in total. The molecular weight excluding hydrogens is 214 g/mol. The van der Waals surface area contributed by atoms with Crippen molar-refractivity contribution in [1.29, 1.82) is 0 Å². The van der Waals surface area contributed by atoms with Gasteiger partial charge < -0.3 is 9.88 Å². The molecule has 0 saturated heterocycles. The fraction of sp³-hybridized carbons (Fsp3) is 0.692. The van der Waals surface area contributed by atoms with E-state index in [9.17, 15) is 4.79 Å². The number of nitrogens with zero attached hydrogens (tertiary/aromatic N) is 2. The first-order chi connectivity index (χ1) is 8.15. The summed E-state index contributed by atoms with van der Waals surface area (Å²) in [6, 6.07) is 0. The van der Waals surface area contributed by atoms with Gasteiger partial charge in [0, 0.05) is 25.5 Å². The molecule has 0 saturated carbocycles. The Morgan fingerprint density at radius 1 is 1.41 bits per heavy atom. The van der Waals surface area contributed by atoms with Gasteiger partial charge in [0.2, 0.25) is 0 Å². The molecule has 0 aliphatic carbocycles. The monoisotopic (exact) mass is 237 g/mol. The molecule has 0 aliphatic rings. The van der Waals surface area contributed by atoms with Crippen LogP contribution in [0.3, 0.4) is 0 Å². The predicted octanol–water partition coefficient (Wildman–Crippen LogP) is 2.50. The van der Waals surface area contributed by atoms with Gasteiger partial charge in [-0.25, -0.2) is 4.98 Å². The van der Waals surface area contributed by atoms with Crippen LogP contribution in [0.25, 0.3) is 0 Å². The Morgan fingerprint density at radius 2 is 2.18 bits per heavy atom. The third kappa shape index (κ3) is 4.59. The number of hydrogen-bond donors (Lipinski definition) is 1. The van der Waals surface area contributed by atoms with Crippen LogP contribution in [0.5, 0.6) is 0 Å². The molecule has 0 amide bonds. The van der Waals surface area contributed by atoms with Crippen molar-refractivity contribution in [3.8, 4) is 0 Å². The molecule has 0 fully saturated rings. The van der Waals surface area contributed by atoms with Gasteiger partial charge >= 0.3 is 0 Å². The minimum Gasteiger partial charge on any atom is -0.365 e. The summed E-state index contributed by atoms with van der Waals surface area (Å²) < 4.78 is 1.72. The number of nitrogens with one attached hydrogen (secondary N) is 1. The summed E-state index contributed by atoms with van der Waals surface area (Å²) in [4.78, 5) is 16.1. The zero-order chi connectivity index (χ0) is 12.7. The summed E-state index contributed by atoms with van der Waals surface area (Å²) in [5, 5.41) is 3.12. The second-order valence-corrected chi connectivity index (χ2v) is 4.76. The summed E-state index contributed by atoms with van der Waals surface area (Å²) in [5.41, 5.74) is -0.0160.